The third kappa shape index (κ3) is 5.79. The number of Topliss-reactive ketones (excluding diaryl/α,β-unsaturated/α-hetero) is 1. The molecule has 2 bridgehead atoms. The number of carbonyl (C=O) groups is 4. The lowest BCUT2D eigenvalue weighted by Gasteiger charge is -2.67. The van der Waals surface area contributed by atoms with Gasteiger partial charge in [-0.1, -0.05) is 62.4 Å². The van der Waals surface area contributed by atoms with Crippen LogP contribution in [0.5, 0.6) is 0 Å². The Balaban J connectivity index is 1.56. The maximum atomic E-state index is 15.3. The molecule has 4 aliphatic rings. The standard InChI is InChI=1S/C40H48O12/c1-22-27(50-36(45)26(42)18-24-14-10-8-11-15-24)20-40(46)34(51-35(44)25-16-12-9-13-17-25)32-38(5,33(43)31(48-7)30(22)37(40,3)4)28(47-6)19-29-39(32,21-49-29)52-23(2)41/h8-17,26-29,31-32,34,42,46H,18-21H2,1-7H3/t26-,27+,28+,29-,31-,32+,34+,38-,39+,40-/m1/s1. The van der Waals surface area contributed by atoms with E-state index in [0.29, 0.717) is 16.7 Å². The first kappa shape index (κ1) is 37.8. The Bertz CT molecular complexity index is 1740. The van der Waals surface area contributed by atoms with Crippen LogP contribution in [0.15, 0.2) is 71.8 Å². The minimum Gasteiger partial charge on any atom is -0.456 e. The van der Waals surface area contributed by atoms with Crippen molar-refractivity contribution in [2.24, 2.45) is 16.7 Å². The zero-order chi connectivity index (χ0) is 37.8. The van der Waals surface area contributed by atoms with Crippen LogP contribution in [0.1, 0.15) is 63.4 Å². The number of carbonyl (C=O) groups excluding carboxylic acids is 4. The molecule has 12 heteroatoms. The summed E-state index contributed by atoms with van der Waals surface area (Å²) in [5, 5.41) is 24.5. The topological polar surface area (TPSA) is 164 Å². The van der Waals surface area contributed by atoms with Gasteiger partial charge in [0.05, 0.1) is 29.6 Å². The second-order valence-electron chi connectivity index (χ2n) is 15.2. The zero-order valence-corrected chi connectivity index (χ0v) is 30.6. The Kier molecular flexibility index (Phi) is 10.0. The van der Waals surface area contributed by atoms with Crippen LogP contribution in [0.4, 0.5) is 0 Å². The lowest BCUT2D eigenvalue weighted by Crippen LogP contribution is -2.82. The summed E-state index contributed by atoms with van der Waals surface area (Å²) in [6.45, 7) is 7.94. The summed E-state index contributed by atoms with van der Waals surface area (Å²) in [7, 11) is 2.84. The Labute approximate surface area is 303 Å². The number of benzene rings is 2. The summed E-state index contributed by atoms with van der Waals surface area (Å²) in [5.41, 5.74) is -4.90. The van der Waals surface area contributed by atoms with Crippen molar-refractivity contribution >= 4 is 23.7 Å². The van der Waals surface area contributed by atoms with Gasteiger partial charge >= 0.3 is 17.9 Å². The van der Waals surface area contributed by atoms with E-state index in [0.717, 1.165) is 0 Å². The van der Waals surface area contributed by atoms with Crippen LogP contribution in [-0.4, -0.2) is 103 Å². The molecule has 1 heterocycles. The van der Waals surface area contributed by atoms with Crippen molar-refractivity contribution in [2.75, 3.05) is 20.8 Å². The van der Waals surface area contributed by atoms with E-state index in [1.807, 2.05) is 6.07 Å². The van der Waals surface area contributed by atoms with Gasteiger partial charge in [0.15, 0.2) is 17.5 Å². The number of hydrogen-bond acceptors (Lipinski definition) is 12. The number of aliphatic hydroxyl groups excluding tert-OH is 1. The molecule has 0 radical (unpaired) electrons. The largest absolute Gasteiger partial charge is 0.456 e. The van der Waals surface area contributed by atoms with Crippen molar-refractivity contribution in [1.29, 1.82) is 0 Å². The fraction of sp³-hybridized carbons (Fsp3) is 0.550. The van der Waals surface area contributed by atoms with E-state index in [1.165, 1.54) is 21.1 Å². The SMILES string of the molecule is CO[C@H]1C(=O)[C@]2(C)[C@@H](OC)C[C@H]3OC[C@@]3(OC(C)=O)[C@H]2[C@H](OC(=O)c2ccccc2)[C@]2(O)C[C@H](OC(=O)[C@H](O)Cc3ccccc3)C(C)=C1C2(C)C. The van der Waals surface area contributed by atoms with Crippen molar-refractivity contribution in [2.45, 2.75) is 102 Å². The highest BCUT2D eigenvalue weighted by atomic mass is 16.6. The summed E-state index contributed by atoms with van der Waals surface area (Å²) < 4.78 is 36.6. The van der Waals surface area contributed by atoms with Crippen molar-refractivity contribution in [1.82, 2.24) is 0 Å². The van der Waals surface area contributed by atoms with Gasteiger partial charge in [-0.25, -0.2) is 9.59 Å². The number of hydrogen-bond donors (Lipinski definition) is 2. The van der Waals surface area contributed by atoms with Gasteiger partial charge < -0.3 is 38.6 Å². The van der Waals surface area contributed by atoms with E-state index in [2.05, 4.69) is 0 Å². The number of ether oxygens (including phenoxy) is 6. The smallest absolute Gasteiger partial charge is 0.338 e. The van der Waals surface area contributed by atoms with Gasteiger partial charge in [-0.2, -0.15) is 0 Å². The molecular formula is C40H48O12. The van der Waals surface area contributed by atoms with E-state index in [9.17, 15) is 24.6 Å². The molecule has 0 aromatic heterocycles. The van der Waals surface area contributed by atoms with Crippen LogP contribution in [0.25, 0.3) is 0 Å². The van der Waals surface area contributed by atoms with E-state index in [-0.39, 0.29) is 31.4 Å². The minimum atomic E-state index is -2.10. The molecule has 10 atom stereocenters. The van der Waals surface area contributed by atoms with Crippen molar-refractivity contribution in [3.8, 4) is 0 Å². The highest BCUT2D eigenvalue weighted by Crippen LogP contribution is 2.64. The summed E-state index contributed by atoms with van der Waals surface area (Å²) in [6.07, 6.45) is -7.34. The van der Waals surface area contributed by atoms with E-state index in [4.69, 9.17) is 28.4 Å². The van der Waals surface area contributed by atoms with Crippen molar-refractivity contribution in [3.05, 3.63) is 82.9 Å². The van der Waals surface area contributed by atoms with Crippen molar-refractivity contribution in [3.63, 3.8) is 0 Å². The third-order valence-electron chi connectivity index (χ3n) is 12.2. The number of methoxy groups -OCH3 is 2. The van der Waals surface area contributed by atoms with Crippen LogP contribution in [0.3, 0.4) is 0 Å². The summed E-state index contributed by atoms with van der Waals surface area (Å²) in [4.78, 5) is 55.9. The molecule has 2 saturated carbocycles. The quantitative estimate of drug-likeness (QED) is 0.220. The van der Waals surface area contributed by atoms with E-state index < -0.39 is 88.3 Å². The number of fused-ring (bicyclic) bond motifs is 5. The summed E-state index contributed by atoms with van der Waals surface area (Å²) >= 11 is 0. The fourth-order valence-corrected chi connectivity index (χ4v) is 9.42. The summed E-state index contributed by atoms with van der Waals surface area (Å²) in [5.74, 6) is -4.06. The molecule has 2 aromatic rings. The highest BCUT2D eigenvalue weighted by molar-refractivity contribution is 5.94. The molecule has 12 nitrogen and oxygen atoms in total. The summed E-state index contributed by atoms with van der Waals surface area (Å²) in [6, 6.07) is 17.2. The monoisotopic (exact) mass is 720 g/mol. The molecule has 6 rings (SSSR count). The molecule has 3 fully saturated rings. The van der Waals surface area contributed by atoms with Gasteiger partial charge in [0.1, 0.15) is 30.0 Å². The van der Waals surface area contributed by atoms with E-state index in [1.54, 1.807) is 82.3 Å². The second-order valence-corrected chi connectivity index (χ2v) is 15.2. The Morgan fingerprint density at radius 2 is 1.60 bits per heavy atom. The molecular weight excluding hydrogens is 672 g/mol. The molecule has 0 unspecified atom stereocenters. The lowest BCUT2D eigenvalue weighted by atomic mass is 9.44. The molecule has 1 aliphatic heterocycles. The normalized spacial score (nSPS) is 35.4. The zero-order valence-electron chi connectivity index (χ0n) is 30.6. The van der Waals surface area contributed by atoms with Gasteiger partial charge in [-0.05, 0) is 42.7 Å². The van der Waals surface area contributed by atoms with Crippen LogP contribution in [0.2, 0.25) is 0 Å². The average molecular weight is 721 g/mol. The lowest BCUT2D eigenvalue weighted by molar-refractivity contribution is -0.347. The van der Waals surface area contributed by atoms with Gasteiger partial charge in [0, 0.05) is 45.8 Å². The van der Waals surface area contributed by atoms with Crippen molar-refractivity contribution < 1.29 is 57.8 Å². The van der Waals surface area contributed by atoms with E-state index >= 15 is 4.79 Å². The van der Waals surface area contributed by atoms with Crippen LogP contribution < -0.4 is 0 Å². The maximum absolute atomic E-state index is 15.3. The predicted molar refractivity (Wildman–Crippen MR) is 185 cm³/mol. The number of esters is 3. The first-order valence-corrected chi connectivity index (χ1v) is 17.6. The van der Waals surface area contributed by atoms with Gasteiger partial charge in [-0.3, -0.25) is 9.59 Å². The Hall–Kier alpha value is -3.94. The predicted octanol–water partition coefficient (Wildman–Crippen LogP) is 3.54. The molecule has 2 aromatic carbocycles. The van der Waals surface area contributed by atoms with Gasteiger partial charge in [0.2, 0.25) is 0 Å². The molecule has 2 N–H and O–H groups in total. The third-order valence-corrected chi connectivity index (χ3v) is 12.2. The molecule has 280 valence electrons. The molecule has 1 saturated heterocycles. The van der Waals surface area contributed by atoms with Gasteiger partial charge in [-0.15, -0.1) is 0 Å². The maximum Gasteiger partial charge on any atom is 0.338 e. The molecule has 52 heavy (non-hydrogen) atoms. The number of aliphatic hydroxyl groups is 2. The highest BCUT2D eigenvalue weighted by Gasteiger charge is 2.78. The first-order valence-electron chi connectivity index (χ1n) is 17.6. The van der Waals surface area contributed by atoms with Crippen LogP contribution in [0, 0.1) is 16.7 Å². The second kappa shape index (κ2) is 13.8. The average Bonchev–Trinajstić information content (AvgIpc) is 3.10. The molecule has 3 aliphatic carbocycles. The molecule has 0 amide bonds. The minimum absolute atomic E-state index is 0.0145. The number of ketones is 1. The first-order chi connectivity index (χ1) is 24.6. The molecule has 0 spiro atoms. The number of rotatable bonds is 9. The Morgan fingerprint density at radius 1 is 0.962 bits per heavy atom. The van der Waals surface area contributed by atoms with Crippen LogP contribution in [-0.2, 0) is 49.2 Å². The van der Waals surface area contributed by atoms with Crippen LogP contribution >= 0.6 is 0 Å². The van der Waals surface area contributed by atoms with Gasteiger partial charge in [0.25, 0.3) is 0 Å². The Morgan fingerprint density at radius 3 is 2.15 bits per heavy atom. The fourth-order valence-electron chi connectivity index (χ4n) is 9.42.